The van der Waals surface area contributed by atoms with Gasteiger partial charge in [-0.1, -0.05) is 26.8 Å². The van der Waals surface area contributed by atoms with E-state index in [-0.39, 0.29) is 22.2 Å². The number of carbonyl (C=O) groups is 1. The first kappa shape index (κ1) is 19.6. The topological polar surface area (TPSA) is 66.3 Å². The molecule has 1 aliphatic heterocycles. The molecule has 0 aromatic carbocycles. The third-order valence-electron chi connectivity index (χ3n) is 6.08. The second kappa shape index (κ2) is 6.21. The Bertz CT molecular complexity index is 785. The Morgan fingerprint density at radius 3 is 2.56 bits per heavy atom. The second-order valence-electron chi connectivity index (χ2n) is 8.66. The zero-order chi connectivity index (χ0) is 20.2. The van der Waals surface area contributed by atoms with Gasteiger partial charge in [-0.3, -0.25) is 0 Å². The van der Waals surface area contributed by atoms with E-state index in [4.69, 9.17) is 0 Å². The number of halogens is 3. The number of fused-ring (bicyclic) bond motifs is 1. The van der Waals surface area contributed by atoms with Gasteiger partial charge in [-0.15, -0.1) is 0 Å². The SMILES string of the molecule is Cc1cc(C(F)(F)F)c(C=C[C@@H]2C[C@H]3C[C@@]3(C(C)(C)C)CN2C(=O)O)nn1. The van der Waals surface area contributed by atoms with Crippen LogP contribution in [0.1, 0.15) is 50.6 Å². The number of piperidine rings is 1. The van der Waals surface area contributed by atoms with Crippen molar-refractivity contribution in [1.82, 2.24) is 15.1 Å². The number of rotatable bonds is 2. The van der Waals surface area contributed by atoms with Crippen LogP contribution in [0.4, 0.5) is 18.0 Å². The van der Waals surface area contributed by atoms with Crippen LogP contribution in [0.5, 0.6) is 0 Å². The number of amides is 1. The predicted molar refractivity (Wildman–Crippen MR) is 93.9 cm³/mol. The van der Waals surface area contributed by atoms with Crippen molar-refractivity contribution >= 4 is 12.2 Å². The van der Waals surface area contributed by atoms with Gasteiger partial charge in [0.15, 0.2) is 0 Å². The zero-order valence-electron chi connectivity index (χ0n) is 15.8. The van der Waals surface area contributed by atoms with Crippen molar-refractivity contribution in [3.05, 3.63) is 29.1 Å². The standard InChI is InChI=1S/C19H24F3N3O2/c1-11-7-14(19(20,21)22)15(24-23-11)6-5-13-8-12-9-18(12,17(2,3)4)10-25(13)16(26)27/h5-7,12-13H,8-10H2,1-4H3,(H,26,27)/t12-,13+,18+/m0/s1. The van der Waals surface area contributed by atoms with Crippen molar-refractivity contribution in [2.24, 2.45) is 16.7 Å². The minimum Gasteiger partial charge on any atom is -0.465 e. The van der Waals surface area contributed by atoms with E-state index in [1.54, 1.807) is 0 Å². The lowest BCUT2D eigenvalue weighted by molar-refractivity contribution is -0.138. The number of likely N-dealkylation sites (tertiary alicyclic amines) is 1. The summed E-state index contributed by atoms with van der Waals surface area (Å²) in [7, 11) is 0. The van der Waals surface area contributed by atoms with Crippen LogP contribution in [0.15, 0.2) is 12.1 Å². The highest BCUT2D eigenvalue weighted by Gasteiger charge is 2.64. The fourth-order valence-electron chi connectivity index (χ4n) is 4.32. The predicted octanol–water partition coefficient (Wildman–Crippen LogP) is 4.62. The average molecular weight is 383 g/mol. The molecule has 8 heteroatoms. The molecule has 0 spiro atoms. The van der Waals surface area contributed by atoms with E-state index in [2.05, 4.69) is 31.0 Å². The molecule has 0 bridgehead atoms. The van der Waals surface area contributed by atoms with Gasteiger partial charge in [0, 0.05) is 6.54 Å². The number of hydrogen-bond acceptors (Lipinski definition) is 3. The Balaban J connectivity index is 1.87. The van der Waals surface area contributed by atoms with Crippen LogP contribution in [0, 0.1) is 23.7 Å². The lowest BCUT2D eigenvalue weighted by atomic mass is 9.73. The lowest BCUT2D eigenvalue weighted by Gasteiger charge is -2.42. The third-order valence-corrected chi connectivity index (χ3v) is 6.08. The van der Waals surface area contributed by atoms with Crippen LogP contribution in [0.2, 0.25) is 0 Å². The third kappa shape index (κ3) is 3.53. The monoisotopic (exact) mass is 383 g/mol. The summed E-state index contributed by atoms with van der Waals surface area (Å²) < 4.78 is 39.7. The van der Waals surface area contributed by atoms with Gasteiger partial charge in [0.2, 0.25) is 0 Å². The molecule has 2 fully saturated rings. The van der Waals surface area contributed by atoms with Crippen molar-refractivity contribution in [2.75, 3.05) is 6.54 Å². The van der Waals surface area contributed by atoms with Gasteiger partial charge in [0.25, 0.3) is 0 Å². The van der Waals surface area contributed by atoms with Gasteiger partial charge in [0.1, 0.15) is 0 Å². The molecule has 148 valence electrons. The van der Waals surface area contributed by atoms with Crippen molar-refractivity contribution in [3.8, 4) is 0 Å². The summed E-state index contributed by atoms with van der Waals surface area (Å²) in [6, 6.07) is 0.489. The summed E-state index contributed by atoms with van der Waals surface area (Å²) in [6.07, 6.45) is -1.26. The fraction of sp³-hybridized carbons (Fsp3) is 0.632. The van der Waals surface area contributed by atoms with Crippen molar-refractivity contribution in [2.45, 2.75) is 52.8 Å². The van der Waals surface area contributed by atoms with Crippen LogP contribution < -0.4 is 0 Å². The molecule has 1 saturated carbocycles. The maximum Gasteiger partial charge on any atom is 0.418 e. The van der Waals surface area contributed by atoms with Gasteiger partial charge < -0.3 is 10.0 Å². The Morgan fingerprint density at radius 2 is 2.00 bits per heavy atom. The highest BCUT2D eigenvalue weighted by atomic mass is 19.4. The second-order valence-corrected chi connectivity index (χ2v) is 8.66. The number of aryl methyl sites for hydroxylation is 1. The van der Waals surface area contributed by atoms with Crippen LogP contribution >= 0.6 is 0 Å². The van der Waals surface area contributed by atoms with E-state index in [0.717, 1.165) is 12.5 Å². The first-order valence-corrected chi connectivity index (χ1v) is 8.94. The van der Waals surface area contributed by atoms with E-state index < -0.39 is 23.9 Å². The molecule has 0 unspecified atom stereocenters. The molecule has 5 nitrogen and oxygen atoms in total. The molecule has 2 heterocycles. The average Bonchev–Trinajstić information content (AvgIpc) is 3.26. The Labute approximate surface area is 156 Å². The molecule has 2 aliphatic rings. The largest absolute Gasteiger partial charge is 0.465 e. The Hall–Kier alpha value is -2.12. The molecule has 0 radical (unpaired) electrons. The number of carboxylic acid groups (broad SMARTS) is 1. The summed E-state index contributed by atoms with van der Waals surface area (Å²) in [5.74, 6) is 0.383. The van der Waals surface area contributed by atoms with Crippen molar-refractivity contribution in [3.63, 3.8) is 0 Å². The molecule has 27 heavy (non-hydrogen) atoms. The van der Waals surface area contributed by atoms with Crippen LogP contribution in [-0.2, 0) is 6.18 Å². The maximum absolute atomic E-state index is 13.2. The smallest absolute Gasteiger partial charge is 0.418 e. The van der Waals surface area contributed by atoms with E-state index >= 15 is 0 Å². The molecule has 1 amide bonds. The normalized spacial score (nSPS) is 28.3. The highest BCUT2D eigenvalue weighted by Crippen LogP contribution is 2.67. The Kier molecular flexibility index (Phi) is 4.51. The molecule has 1 N–H and O–H groups in total. The molecule has 3 rings (SSSR count). The van der Waals surface area contributed by atoms with Crippen LogP contribution in [0.3, 0.4) is 0 Å². The van der Waals surface area contributed by atoms with Gasteiger partial charge in [-0.25, -0.2) is 4.79 Å². The molecule has 1 aromatic heterocycles. The molecule has 1 aliphatic carbocycles. The van der Waals surface area contributed by atoms with Crippen molar-refractivity contribution < 1.29 is 23.1 Å². The number of hydrogen-bond donors (Lipinski definition) is 1. The molecule has 1 saturated heterocycles. The Morgan fingerprint density at radius 1 is 1.33 bits per heavy atom. The summed E-state index contributed by atoms with van der Waals surface area (Å²) in [5, 5.41) is 17.0. The summed E-state index contributed by atoms with van der Waals surface area (Å²) in [5.41, 5.74) is -1.04. The molecular weight excluding hydrogens is 359 g/mol. The number of alkyl halides is 3. The number of aromatic nitrogens is 2. The quantitative estimate of drug-likeness (QED) is 0.809. The van der Waals surface area contributed by atoms with E-state index in [0.29, 0.717) is 18.9 Å². The van der Waals surface area contributed by atoms with Crippen LogP contribution in [-0.4, -0.2) is 38.9 Å². The van der Waals surface area contributed by atoms with Crippen molar-refractivity contribution in [1.29, 1.82) is 0 Å². The minimum absolute atomic E-state index is 0.0219. The van der Waals surface area contributed by atoms with Gasteiger partial charge >= 0.3 is 12.3 Å². The molecule has 1 aromatic rings. The first-order chi connectivity index (χ1) is 12.3. The zero-order valence-corrected chi connectivity index (χ0v) is 15.8. The van der Waals surface area contributed by atoms with E-state index in [1.807, 2.05) is 0 Å². The first-order valence-electron chi connectivity index (χ1n) is 8.94. The van der Waals surface area contributed by atoms with Gasteiger partial charge in [-0.2, -0.15) is 23.4 Å². The summed E-state index contributed by atoms with van der Waals surface area (Å²) in [4.78, 5) is 13.1. The van der Waals surface area contributed by atoms with Crippen LogP contribution in [0.25, 0.3) is 6.08 Å². The van der Waals surface area contributed by atoms with Gasteiger partial charge in [-0.05, 0) is 48.7 Å². The summed E-state index contributed by atoms with van der Waals surface area (Å²) in [6.45, 7) is 8.18. The molecular formula is C19H24F3N3O2. The van der Waals surface area contributed by atoms with E-state index in [9.17, 15) is 23.1 Å². The molecule has 3 atom stereocenters. The summed E-state index contributed by atoms with van der Waals surface area (Å²) >= 11 is 0. The number of nitrogens with zero attached hydrogens (tertiary/aromatic N) is 3. The fourth-order valence-corrected chi connectivity index (χ4v) is 4.32. The minimum atomic E-state index is -4.54. The highest BCUT2D eigenvalue weighted by molar-refractivity contribution is 5.67. The lowest BCUT2D eigenvalue weighted by Crippen LogP contribution is -2.49. The van der Waals surface area contributed by atoms with Gasteiger partial charge in [0.05, 0.1) is 23.0 Å². The van der Waals surface area contributed by atoms with E-state index in [1.165, 1.54) is 24.0 Å². The maximum atomic E-state index is 13.2.